The average Bonchev–Trinajstić information content (AvgIpc) is 2.50. The number of halogens is 1. The molecule has 0 fully saturated rings. The van der Waals surface area contributed by atoms with E-state index in [1.165, 1.54) is 5.56 Å². The Kier molecular flexibility index (Phi) is 6.42. The smallest absolute Gasteiger partial charge is 0.119 e. The molecule has 2 rings (SSSR count). The number of hydrogen-bond acceptors (Lipinski definition) is 3. The Morgan fingerprint density at radius 2 is 1.71 bits per heavy atom. The van der Waals surface area contributed by atoms with Crippen molar-refractivity contribution in [2.75, 3.05) is 18.9 Å². The predicted molar refractivity (Wildman–Crippen MR) is 90.1 cm³/mol. The Labute approximate surface area is 136 Å². The molecule has 5 heteroatoms. The lowest BCUT2D eigenvalue weighted by Gasteiger charge is -2.07. The lowest BCUT2D eigenvalue weighted by molar-refractivity contribution is 0.342. The molecule has 0 radical (unpaired) electrons. The molecule has 0 aromatic heterocycles. The molecule has 0 amide bonds. The summed E-state index contributed by atoms with van der Waals surface area (Å²) in [5.74, 6) is 1.27. The number of benzene rings is 2. The second-order valence-corrected chi connectivity index (χ2v) is 7.02. The molecule has 2 N–H and O–H groups in total. The van der Waals surface area contributed by atoms with Gasteiger partial charge in [0.1, 0.15) is 12.4 Å². The summed E-state index contributed by atoms with van der Waals surface area (Å²) >= 11 is 3.36. The number of nitrogens with two attached hydrogens (primary N) is 1. The maximum atomic E-state index is 12.1. The van der Waals surface area contributed by atoms with E-state index in [1.54, 1.807) is 0 Å². The molecule has 1 atom stereocenters. The molecule has 112 valence electrons. The van der Waals surface area contributed by atoms with E-state index in [0.29, 0.717) is 18.9 Å². The second kappa shape index (κ2) is 8.32. The van der Waals surface area contributed by atoms with E-state index in [-0.39, 0.29) is 0 Å². The summed E-state index contributed by atoms with van der Waals surface area (Å²) < 4.78 is 18.7. The highest BCUT2D eigenvalue weighted by molar-refractivity contribution is 9.10. The summed E-state index contributed by atoms with van der Waals surface area (Å²) in [5.41, 5.74) is 6.71. The zero-order chi connectivity index (χ0) is 15.1. The predicted octanol–water partition coefficient (Wildman–Crippen LogP) is 3.14. The van der Waals surface area contributed by atoms with Gasteiger partial charge in [-0.25, -0.2) is 0 Å². The zero-order valence-corrected chi connectivity index (χ0v) is 14.0. The minimum Gasteiger partial charge on any atom is -0.493 e. The number of ether oxygens (including phenoxy) is 1. The summed E-state index contributed by atoms with van der Waals surface area (Å²) in [4.78, 5) is 0.820. The SMILES string of the molecule is NCCc1ccc(OCCS(=O)c2ccc(Br)cc2)cc1. The van der Waals surface area contributed by atoms with Crippen LogP contribution >= 0.6 is 15.9 Å². The van der Waals surface area contributed by atoms with Crippen molar-refractivity contribution in [3.05, 3.63) is 58.6 Å². The van der Waals surface area contributed by atoms with Gasteiger partial charge in [0.15, 0.2) is 0 Å². The van der Waals surface area contributed by atoms with E-state index in [0.717, 1.165) is 21.5 Å². The molecule has 2 aromatic rings. The van der Waals surface area contributed by atoms with Crippen molar-refractivity contribution in [1.82, 2.24) is 0 Å². The van der Waals surface area contributed by atoms with Gasteiger partial charge in [-0.1, -0.05) is 28.1 Å². The molecule has 0 aliphatic rings. The fourth-order valence-electron chi connectivity index (χ4n) is 1.86. The van der Waals surface area contributed by atoms with Gasteiger partial charge in [0.05, 0.1) is 16.6 Å². The molecule has 0 heterocycles. The average molecular weight is 368 g/mol. The molecular formula is C16H18BrNO2S. The summed E-state index contributed by atoms with van der Waals surface area (Å²) in [5, 5.41) is 0. The molecule has 0 aliphatic carbocycles. The molecule has 0 spiro atoms. The van der Waals surface area contributed by atoms with Crippen molar-refractivity contribution in [1.29, 1.82) is 0 Å². The minimum atomic E-state index is -1.04. The van der Waals surface area contributed by atoms with Crippen molar-refractivity contribution in [3.63, 3.8) is 0 Å². The van der Waals surface area contributed by atoms with Crippen LogP contribution in [0.15, 0.2) is 57.9 Å². The number of rotatable bonds is 7. The van der Waals surface area contributed by atoms with Crippen LogP contribution in [0.4, 0.5) is 0 Å². The summed E-state index contributed by atoms with van der Waals surface area (Å²) in [6.07, 6.45) is 0.869. The molecule has 21 heavy (non-hydrogen) atoms. The van der Waals surface area contributed by atoms with Gasteiger partial charge < -0.3 is 10.5 Å². The summed E-state index contributed by atoms with van der Waals surface area (Å²) in [6, 6.07) is 15.4. The fourth-order valence-corrected chi connectivity index (χ4v) is 3.03. The van der Waals surface area contributed by atoms with Gasteiger partial charge in [-0.15, -0.1) is 0 Å². The van der Waals surface area contributed by atoms with Gasteiger partial charge in [0.2, 0.25) is 0 Å². The van der Waals surface area contributed by atoms with Gasteiger partial charge in [-0.05, 0) is 54.9 Å². The van der Waals surface area contributed by atoms with Gasteiger partial charge in [0, 0.05) is 9.37 Å². The largest absolute Gasteiger partial charge is 0.493 e. The Balaban J connectivity index is 1.80. The van der Waals surface area contributed by atoms with Crippen molar-refractivity contribution < 1.29 is 8.95 Å². The van der Waals surface area contributed by atoms with Crippen LogP contribution in [0.5, 0.6) is 5.75 Å². The topological polar surface area (TPSA) is 52.3 Å². The standard InChI is InChI=1S/C16H18BrNO2S/c17-14-3-7-16(8-4-14)21(19)12-11-20-15-5-1-13(2-6-15)9-10-18/h1-8H,9-12,18H2. The first-order valence-electron chi connectivity index (χ1n) is 6.75. The Morgan fingerprint density at radius 1 is 1.05 bits per heavy atom. The summed E-state index contributed by atoms with van der Waals surface area (Å²) in [7, 11) is -1.04. The van der Waals surface area contributed by atoms with Crippen LogP contribution in [0, 0.1) is 0 Å². The van der Waals surface area contributed by atoms with Crippen molar-refractivity contribution in [2.45, 2.75) is 11.3 Å². The lowest BCUT2D eigenvalue weighted by atomic mass is 10.1. The lowest BCUT2D eigenvalue weighted by Crippen LogP contribution is -2.08. The van der Waals surface area contributed by atoms with E-state index in [4.69, 9.17) is 10.5 Å². The van der Waals surface area contributed by atoms with Crippen LogP contribution < -0.4 is 10.5 Å². The molecular weight excluding hydrogens is 350 g/mol. The molecule has 0 saturated carbocycles. The number of hydrogen-bond donors (Lipinski definition) is 1. The monoisotopic (exact) mass is 367 g/mol. The first kappa shape index (κ1) is 16.2. The minimum absolute atomic E-state index is 0.429. The van der Waals surface area contributed by atoms with Crippen LogP contribution in [-0.4, -0.2) is 23.1 Å². The van der Waals surface area contributed by atoms with Gasteiger partial charge in [0.25, 0.3) is 0 Å². The van der Waals surface area contributed by atoms with Crippen LogP contribution in [0.25, 0.3) is 0 Å². The van der Waals surface area contributed by atoms with Crippen LogP contribution in [-0.2, 0) is 17.2 Å². The van der Waals surface area contributed by atoms with Crippen LogP contribution in [0.2, 0.25) is 0 Å². The van der Waals surface area contributed by atoms with Crippen LogP contribution in [0.3, 0.4) is 0 Å². The highest BCUT2D eigenvalue weighted by Gasteiger charge is 2.04. The highest BCUT2D eigenvalue weighted by Crippen LogP contribution is 2.15. The van der Waals surface area contributed by atoms with E-state index in [9.17, 15) is 4.21 Å². The Morgan fingerprint density at radius 3 is 2.33 bits per heavy atom. The van der Waals surface area contributed by atoms with E-state index in [2.05, 4.69) is 15.9 Å². The summed E-state index contributed by atoms with van der Waals surface area (Å²) in [6.45, 7) is 1.07. The van der Waals surface area contributed by atoms with Gasteiger partial charge in [-0.2, -0.15) is 0 Å². The molecule has 0 saturated heterocycles. The molecule has 0 aliphatic heterocycles. The first-order valence-corrected chi connectivity index (χ1v) is 8.86. The third-order valence-electron chi connectivity index (χ3n) is 2.97. The maximum Gasteiger partial charge on any atom is 0.119 e. The third kappa shape index (κ3) is 5.26. The fraction of sp³-hybridized carbons (Fsp3) is 0.250. The Bertz CT molecular complexity index is 584. The first-order chi connectivity index (χ1) is 10.2. The molecule has 0 bridgehead atoms. The van der Waals surface area contributed by atoms with E-state index >= 15 is 0 Å². The normalized spacial score (nSPS) is 12.1. The van der Waals surface area contributed by atoms with E-state index in [1.807, 2.05) is 48.5 Å². The quantitative estimate of drug-likeness (QED) is 0.817. The van der Waals surface area contributed by atoms with Crippen molar-refractivity contribution in [2.24, 2.45) is 5.73 Å². The Hall–Kier alpha value is -1.17. The second-order valence-electron chi connectivity index (χ2n) is 4.53. The molecule has 2 aromatic carbocycles. The van der Waals surface area contributed by atoms with Crippen molar-refractivity contribution in [3.8, 4) is 5.75 Å². The van der Waals surface area contributed by atoms with E-state index < -0.39 is 10.8 Å². The molecule has 1 unspecified atom stereocenters. The van der Waals surface area contributed by atoms with Gasteiger partial charge in [-0.3, -0.25) is 4.21 Å². The zero-order valence-electron chi connectivity index (χ0n) is 11.6. The maximum absolute atomic E-state index is 12.1. The van der Waals surface area contributed by atoms with Crippen LogP contribution in [0.1, 0.15) is 5.56 Å². The third-order valence-corrected chi connectivity index (χ3v) is 4.83. The van der Waals surface area contributed by atoms with Crippen molar-refractivity contribution >= 4 is 26.7 Å². The molecule has 3 nitrogen and oxygen atoms in total. The highest BCUT2D eigenvalue weighted by atomic mass is 79.9. The van der Waals surface area contributed by atoms with Gasteiger partial charge >= 0.3 is 0 Å².